The lowest BCUT2D eigenvalue weighted by atomic mass is 10.00. The molecular formula is C40H41F3N12O7S. The van der Waals surface area contributed by atoms with Crippen molar-refractivity contribution in [1.29, 1.82) is 0 Å². The van der Waals surface area contributed by atoms with Crippen molar-refractivity contribution < 1.29 is 45.5 Å². The fourth-order valence-electron chi connectivity index (χ4n) is 6.95. The number of amides is 4. The van der Waals surface area contributed by atoms with Gasteiger partial charge in [-0.15, -0.1) is 5.10 Å². The highest BCUT2D eigenvalue weighted by atomic mass is 32.2. The molecule has 5 heterocycles. The number of carbonyl (C=O) groups excluding carboxylic acids is 4. The molecule has 2 aliphatic heterocycles. The van der Waals surface area contributed by atoms with Gasteiger partial charge < -0.3 is 25.6 Å². The third-order valence-corrected chi connectivity index (χ3v) is 11.4. The minimum Gasteiger partial charge on any atom is -0.380 e. The van der Waals surface area contributed by atoms with Crippen LogP contribution in [0.3, 0.4) is 0 Å². The Hall–Kier alpha value is -7.01. The predicted octanol–water partition coefficient (Wildman–Crippen LogP) is 3.90. The molecule has 0 saturated carbocycles. The summed E-state index contributed by atoms with van der Waals surface area (Å²) in [6, 6.07) is 14.1. The van der Waals surface area contributed by atoms with Gasteiger partial charge in [0.25, 0.3) is 11.8 Å². The maximum atomic E-state index is 13.9. The van der Waals surface area contributed by atoms with E-state index in [9.17, 15) is 40.8 Å². The number of hydrogen-bond acceptors (Lipinski definition) is 14. The number of pyridine rings is 1. The highest BCUT2D eigenvalue weighted by Gasteiger charge is 2.40. The SMILES string of the molecule is CN(c1ncccc1CNc1nc(Nc2ccc(NC(=O)c3cn(CCOCCCc4cccc5c4CN(C4CCC(=O)NC4=O)C5=O)nn3)cc2)ncc1C(F)(F)F)S(C)(=O)=O. The van der Waals surface area contributed by atoms with Crippen LogP contribution in [0.2, 0.25) is 0 Å². The molecule has 3 aromatic heterocycles. The van der Waals surface area contributed by atoms with Gasteiger partial charge in [0.15, 0.2) is 5.69 Å². The van der Waals surface area contributed by atoms with Crippen molar-refractivity contribution in [3.63, 3.8) is 0 Å². The van der Waals surface area contributed by atoms with E-state index in [-0.39, 0.29) is 42.2 Å². The van der Waals surface area contributed by atoms with Gasteiger partial charge in [-0.2, -0.15) is 18.2 Å². The Labute approximate surface area is 358 Å². The number of halogens is 3. The van der Waals surface area contributed by atoms with Crippen LogP contribution in [0.15, 0.2) is 73.2 Å². The van der Waals surface area contributed by atoms with E-state index in [2.05, 4.69) is 46.5 Å². The zero-order valence-corrected chi connectivity index (χ0v) is 34.7. The number of nitrogens with one attached hydrogen (secondary N) is 4. The van der Waals surface area contributed by atoms with Crippen LogP contribution in [-0.4, -0.2) is 99.5 Å². The number of alkyl halides is 3. The summed E-state index contributed by atoms with van der Waals surface area (Å²) in [5.74, 6) is -2.22. The van der Waals surface area contributed by atoms with E-state index in [4.69, 9.17) is 4.74 Å². The third-order valence-electron chi connectivity index (χ3n) is 10.3. The fraction of sp³-hybridized carbons (Fsp3) is 0.325. The maximum absolute atomic E-state index is 13.9. The van der Waals surface area contributed by atoms with E-state index >= 15 is 0 Å². The number of hydrogen-bond donors (Lipinski definition) is 4. The molecule has 4 N–H and O–H groups in total. The van der Waals surface area contributed by atoms with E-state index in [1.165, 1.54) is 41.2 Å². The molecule has 1 fully saturated rings. The summed E-state index contributed by atoms with van der Waals surface area (Å²) in [6.45, 7) is 1.10. The molecule has 1 atom stereocenters. The van der Waals surface area contributed by atoms with Crippen LogP contribution in [0.5, 0.6) is 0 Å². The first-order valence-corrected chi connectivity index (χ1v) is 21.4. The summed E-state index contributed by atoms with van der Waals surface area (Å²) < 4.78 is 74.1. The second-order valence-corrected chi connectivity index (χ2v) is 16.6. The second-order valence-electron chi connectivity index (χ2n) is 14.6. The Balaban J connectivity index is 0.869. The van der Waals surface area contributed by atoms with Crippen molar-refractivity contribution >= 4 is 62.6 Å². The lowest BCUT2D eigenvalue weighted by molar-refractivity contribution is -0.138. The Morgan fingerprint density at radius 1 is 1.02 bits per heavy atom. The van der Waals surface area contributed by atoms with E-state index in [0.29, 0.717) is 74.3 Å². The van der Waals surface area contributed by atoms with Crippen LogP contribution in [0, 0.1) is 0 Å². The fourth-order valence-corrected chi connectivity index (χ4v) is 7.43. The average molecular weight is 891 g/mol. The van der Waals surface area contributed by atoms with E-state index < -0.39 is 45.4 Å². The van der Waals surface area contributed by atoms with Crippen molar-refractivity contribution in [2.45, 2.75) is 57.5 Å². The minimum atomic E-state index is -4.80. The van der Waals surface area contributed by atoms with Crippen molar-refractivity contribution in [2.24, 2.45) is 0 Å². The Morgan fingerprint density at radius 2 is 1.78 bits per heavy atom. The van der Waals surface area contributed by atoms with Gasteiger partial charge in [0.05, 0.1) is 25.6 Å². The number of aromatic nitrogens is 6. The molecule has 330 valence electrons. The molecule has 1 unspecified atom stereocenters. The van der Waals surface area contributed by atoms with Crippen molar-refractivity contribution in [2.75, 3.05) is 46.8 Å². The van der Waals surface area contributed by atoms with Crippen molar-refractivity contribution in [3.8, 4) is 0 Å². The van der Waals surface area contributed by atoms with Gasteiger partial charge in [0.2, 0.25) is 27.8 Å². The quantitative estimate of drug-likeness (QED) is 0.0766. The number of carbonyl (C=O) groups is 4. The smallest absolute Gasteiger partial charge is 0.380 e. The number of rotatable bonds is 17. The number of imide groups is 1. The van der Waals surface area contributed by atoms with Crippen LogP contribution < -0.4 is 25.6 Å². The highest BCUT2D eigenvalue weighted by Crippen LogP contribution is 2.35. The number of piperidine rings is 1. The Bertz CT molecular complexity index is 2640. The van der Waals surface area contributed by atoms with Gasteiger partial charge in [-0.25, -0.2) is 23.1 Å². The number of sulfonamides is 1. The predicted molar refractivity (Wildman–Crippen MR) is 221 cm³/mol. The normalized spacial score (nSPS) is 15.2. The van der Waals surface area contributed by atoms with E-state index in [0.717, 1.165) is 21.7 Å². The Kier molecular flexibility index (Phi) is 13.0. The third kappa shape index (κ3) is 10.5. The van der Waals surface area contributed by atoms with Gasteiger partial charge in [-0.05, 0) is 66.8 Å². The number of anilines is 5. The first kappa shape index (κ1) is 44.1. The summed E-state index contributed by atoms with van der Waals surface area (Å²) in [7, 11) is -2.42. The molecule has 0 aliphatic carbocycles. The van der Waals surface area contributed by atoms with E-state index in [1.54, 1.807) is 30.3 Å². The monoisotopic (exact) mass is 890 g/mol. The first-order valence-electron chi connectivity index (χ1n) is 19.5. The standard InChI is InChI=1S/C40H41F3N12O7S/c1-53(63(2,60)61)35-25(7-4-16-44-35)20-45-34-30(40(41,42)43)21-46-39(50-34)48-27-12-10-26(11-13-27)47-36(57)31-23-54(52-51-31)17-19-62-18-5-8-24-6-3-9-28-29(24)22-55(38(28)59)32-14-15-33(56)49-37(32)58/h3-4,6-7,9-13,16,21,23,32H,5,8,14-15,17-20,22H2,1-2H3,(H,47,57)(H,49,56,58)(H2,45,46,48,50). The van der Waals surface area contributed by atoms with Gasteiger partial charge in [0, 0.05) is 68.1 Å². The number of nitrogens with zero attached hydrogens (tertiary/aromatic N) is 8. The molecule has 0 radical (unpaired) electrons. The minimum absolute atomic E-state index is 0.0389. The van der Waals surface area contributed by atoms with Crippen LogP contribution in [0.1, 0.15) is 62.4 Å². The Morgan fingerprint density at radius 3 is 2.52 bits per heavy atom. The molecular weight excluding hydrogens is 850 g/mol. The average Bonchev–Trinajstić information content (AvgIpc) is 3.86. The molecule has 2 aliphatic rings. The van der Waals surface area contributed by atoms with Crippen LogP contribution in [0.25, 0.3) is 0 Å². The second kappa shape index (κ2) is 18.5. The van der Waals surface area contributed by atoms with Gasteiger partial charge in [-0.1, -0.05) is 23.4 Å². The van der Waals surface area contributed by atoms with Gasteiger partial charge >= 0.3 is 6.18 Å². The maximum Gasteiger partial charge on any atom is 0.421 e. The molecule has 0 spiro atoms. The molecule has 5 aromatic rings. The zero-order valence-electron chi connectivity index (χ0n) is 33.8. The molecule has 63 heavy (non-hydrogen) atoms. The lowest BCUT2D eigenvalue weighted by Crippen LogP contribution is -2.52. The molecule has 23 heteroatoms. The van der Waals surface area contributed by atoms with E-state index in [1.807, 2.05) is 12.1 Å². The molecule has 4 amide bonds. The molecule has 1 saturated heterocycles. The highest BCUT2D eigenvalue weighted by molar-refractivity contribution is 7.92. The van der Waals surface area contributed by atoms with Gasteiger partial charge in [-0.3, -0.25) is 28.8 Å². The van der Waals surface area contributed by atoms with Crippen LogP contribution in [0.4, 0.5) is 42.1 Å². The molecule has 2 aromatic carbocycles. The van der Waals surface area contributed by atoms with Crippen molar-refractivity contribution in [3.05, 3.63) is 107 Å². The zero-order chi connectivity index (χ0) is 44.9. The van der Waals surface area contributed by atoms with Gasteiger partial charge in [0.1, 0.15) is 23.2 Å². The topological polar surface area (TPSA) is 236 Å². The van der Waals surface area contributed by atoms with Crippen LogP contribution >= 0.6 is 0 Å². The van der Waals surface area contributed by atoms with Crippen molar-refractivity contribution in [1.82, 2.24) is 40.2 Å². The lowest BCUT2D eigenvalue weighted by Gasteiger charge is -2.29. The molecule has 0 bridgehead atoms. The first-order chi connectivity index (χ1) is 30.0. The summed E-state index contributed by atoms with van der Waals surface area (Å²) >= 11 is 0. The summed E-state index contributed by atoms with van der Waals surface area (Å²) in [5, 5.41) is 18.4. The number of aryl methyl sites for hydroxylation is 1. The summed E-state index contributed by atoms with van der Waals surface area (Å²) in [4.78, 5) is 63.5. The molecule has 7 rings (SSSR count). The van der Waals surface area contributed by atoms with Crippen LogP contribution in [-0.2, 0) is 56.6 Å². The number of fused-ring (bicyclic) bond motifs is 1. The molecule has 19 nitrogen and oxygen atoms in total. The largest absolute Gasteiger partial charge is 0.421 e. The number of benzene rings is 2. The number of ether oxygens (including phenoxy) is 1. The summed E-state index contributed by atoms with van der Waals surface area (Å²) in [6.07, 6.45) is 1.44. The summed E-state index contributed by atoms with van der Waals surface area (Å²) in [5.41, 5.74) is 2.44.